The van der Waals surface area contributed by atoms with Crippen molar-refractivity contribution in [1.29, 1.82) is 0 Å². The fraction of sp³-hybridized carbons (Fsp3) is 0.714. The van der Waals surface area contributed by atoms with Crippen LogP contribution in [0.25, 0.3) is 0 Å². The number of hydrogen-bond acceptors (Lipinski definition) is 3. The number of aryl methyl sites for hydroxylation is 2. The van der Waals surface area contributed by atoms with Crippen molar-refractivity contribution in [2.75, 3.05) is 20.1 Å². The van der Waals surface area contributed by atoms with E-state index in [0.717, 1.165) is 31.7 Å². The van der Waals surface area contributed by atoms with Crippen LogP contribution in [0.15, 0.2) is 6.07 Å². The Morgan fingerprint density at radius 3 is 3.00 bits per heavy atom. The molecule has 5 nitrogen and oxygen atoms in total. The molecule has 0 aromatic carbocycles. The van der Waals surface area contributed by atoms with E-state index in [1.165, 1.54) is 12.8 Å². The van der Waals surface area contributed by atoms with Crippen LogP contribution in [0.5, 0.6) is 0 Å². The van der Waals surface area contributed by atoms with Gasteiger partial charge in [-0.3, -0.25) is 9.48 Å². The summed E-state index contributed by atoms with van der Waals surface area (Å²) < 4.78 is 1.78. The number of nitrogens with zero attached hydrogens (tertiary/aromatic N) is 3. The molecule has 19 heavy (non-hydrogen) atoms. The van der Waals surface area contributed by atoms with Gasteiger partial charge in [-0.15, -0.1) is 0 Å². The van der Waals surface area contributed by atoms with E-state index in [9.17, 15) is 4.79 Å². The zero-order valence-electron chi connectivity index (χ0n) is 12.1. The second-order valence-corrected chi connectivity index (χ2v) is 5.32. The van der Waals surface area contributed by atoms with Crippen LogP contribution in [-0.4, -0.2) is 46.8 Å². The van der Waals surface area contributed by atoms with Gasteiger partial charge in [0.15, 0.2) is 0 Å². The van der Waals surface area contributed by atoms with E-state index in [2.05, 4.69) is 10.4 Å². The Morgan fingerprint density at radius 1 is 1.58 bits per heavy atom. The summed E-state index contributed by atoms with van der Waals surface area (Å²) in [7, 11) is 1.88. The lowest BCUT2D eigenvalue weighted by atomic mass is 10.0. The Balaban J connectivity index is 2.01. The Labute approximate surface area is 115 Å². The number of likely N-dealkylation sites (N-methyl/N-ethyl adjacent to an activating group) is 1. The average molecular weight is 264 g/mol. The quantitative estimate of drug-likeness (QED) is 0.895. The van der Waals surface area contributed by atoms with Gasteiger partial charge >= 0.3 is 0 Å². The summed E-state index contributed by atoms with van der Waals surface area (Å²) in [6.45, 7) is 6.49. The van der Waals surface area contributed by atoms with Crippen LogP contribution in [0.4, 0.5) is 0 Å². The molecular formula is C14H24N4O. The summed E-state index contributed by atoms with van der Waals surface area (Å²) in [5.74, 6) is 0.0647. The van der Waals surface area contributed by atoms with E-state index in [-0.39, 0.29) is 5.91 Å². The third-order valence-corrected chi connectivity index (χ3v) is 3.67. The molecule has 1 atom stereocenters. The van der Waals surface area contributed by atoms with Gasteiger partial charge in [0.25, 0.3) is 5.91 Å². The average Bonchev–Trinajstić information content (AvgIpc) is 2.80. The molecule has 106 valence electrons. The maximum absolute atomic E-state index is 12.4. The number of rotatable bonds is 4. The molecule has 2 heterocycles. The molecule has 1 fully saturated rings. The van der Waals surface area contributed by atoms with Crippen LogP contribution < -0.4 is 5.32 Å². The minimum absolute atomic E-state index is 0.0647. The van der Waals surface area contributed by atoms with Gasteiger partial charge in [-0.2, -0.15) is 5.10 Å². The molecule has 1 aliphatic rings. The molecule has 1 aliphatic heterocycles. The predicted molar refractivity (Wildman–Crippen MR) is 75.2 cm³/mol. The SMILES string of the molecule is CCn1nc(C)cc1C(=O)N(C)CC1CCCCN1. The Bertz CT molecular complexity index is 435. The number of carbonyl (C=O) groups is 1. The second-order valence-electron chi connectivity index (χ2n) is 5.32. The molecular weight excluding hydrogens is 240 g/mol. The molecule has 1 saturated heterocycles. The van der Waals surface area contributed by atoms with Crippen LogP contribution in [0, 0.1) is 6.92 Å². The molecule has 2 rings (SSSR count). The minimum Gasteiger partial charge on any atom is -0.339 e. The van der Waals surface area contributed by atoms with E-state index in [0.29, 0.717) is 11.7 Å². The maximum atomic E-state index is 12.4. The molecule has 1 aromatic heterocycles. The highest BCUT2D eigenvalue weighted by Gasteiger charge is 2.21. The van der Waals surface area contributed by atoms with Gasteiger partial charge in [-0.05, 0) is 39.3 Å². The molecule has 5 heteroatoms. The molecule has 1 aromatic rings. The smallest absolute Gasteiger partial charge is 0.271 e. The topological polar surface area (TPSA) is 50.2 Å². The number of amides is 1. The molecule has 1 unspecified atom stereocenters. The van der Waals surface area contributed by atoms with Crippen molar-refractivity contribution in [1.82, 2.24) is 20.0 Å². The number of carbonyl (C=O) groups excluding carboxylic acids is 1. The summed E-state index contributed by atoms with van der Waals surface area (Å²) in [6.07, 6.45) is 3.66. The van der Waals surface area contributed by atoms with Crippen molar-refractivity contribution in [2.24, 2.45) is 0 Å². The zero-order chi connectivity index (χ0) is 13.8. The number of nitrogens with one attached hydrogen (secondary N) is 1. The lowest BCUT2D eigenvalue weighted by molar-refractivity contribution is 0.0763. The van der Waals surface area contributed by atoms with Crippen LogP contribution in [0.1, 0.15) is 42.4 Å². The van der Waals surface area contributed by atoms with Crippen molar-refractivity contribution < 1.29 is 4.79 Å². The predicted octanol–water partition coefficient (Wildman–Crippen LogP) is 1.43. The van der Waals surface area contributed by atoms with Crippen molar-refractivity contribution in [3.05, 3.63) is 17.5 Å². The molecule has 1 N–H and O–H groups in total. The summed E-state index contributed by atoms with van der Waals surface area (Å²) >= 11 is 0. The molecule has 0 aliphatic carbocycles. The van der Waals surface area contributed by atoms with Crippen molar-refractivity contribution in [3.63, 3.8) is 0 Å². The third-order valence-electron chi connectivity index (χ3n) is 3.67. The second kappa shape index (κ2) is 6.19. The Kier molecular flexibility index (Phi) is 4.58. The monoisotopic (exact) mass is 264 g/mol. The number of hydrogen-bond donors (Lipinski definition) is 1. The fourth-order valence-electron chi connectivity index (χ4n) is 2.65. The first-order valence-corrected chi connectivity index (χ1v) is 7.15. The van der Waals surface area contributed by atoms with Crippen LogP contribution in [-0.2, 0) is 6.54 Å². The van der Waals surface area contributed by atoms with Crippen molar-refractivity contribution in [3.8, 4) is 0 Å². The highest BCUT2D eigenvalue weighted by molar-refractivity contribution is 5.92. The van der Waals surface area contributed by atoms with E-state index < -0.39 is 0 Å². The van der Waals surface area contributed by atoms with Crippen LogP contribution >= 0.6 is 0 Å². The third kappa shape index (κ3) is 3.35. The Morgan fingerprint density at radius 2 is 2.37 bits per heavy atom. The molecule has 0 radical (unpaired) electrons. The Hall–Kier alpha value is -1.36. The van der Waals surface area contributed by atoms with Gasteiger partial charge in [-0.25, -0.2) is 0 Å². The van der Waals surface area contributed by atoms with E-state index in [4.69, 9.17) is 0 Å². The highest BCUT2D eigenvalue weighted by atomic mass is 16.2. The van der Waals surface area contributed by atoms with Gasteiger partial charge in [0.1, 0.15) is 5.69 Å². The maximum Gasteiger partial charge on any atom is 0.271 e. The molecule has 0 bridgehead atoms. The van der Waals surface area contributed by atoms with E-state index in [1.807, 2.05) is 31.9 Å². The van der Waals surface area contributed by atoms with Gasteiger partial charge in [-0.1, -0.05) is 6.42 Å². The molecule has 0 spiro atoms. The van der Waals surface area contributed by atoms with Crippen molar-refractivity contribution in [2.45, 2.75) is 45.7 Å². The van der Waals surface area contributed by atoms with Gasteiger partial charge in [0, 0.05) is 26.2 Å². The first-order valence-electron chi connectivity index (χ1n) is 7.15. The van der Waals surface area contributed by atoms with Crippen LogP contribution in [0.3, 0.4) is 0 Å². The first-order chi connectivity index (χ1) is 9.11. The minimum atomic E-state index is 0.0647. The van der Waals surface area contributed by atoms with Gasteiger partial charge < -0.3 is 10.2 Å². The zero-order valence-corrected chi connectivity index (χ0v) is 12.1. The summed E-state index contributed by atoms with van der Waals surface area (Å²) in [5, 5.41) is 7.81. The fourth-order valence-corrected chi connectivity index (χ4v) is 2.65. The molecule has 0 saturated carbocycles. The van der Waals surface area contributed by atoms with E-state index in [1.54, 1.807) is 4.68 Å². The lowest BCUT2D eigenvalue weighted by Crippen LogP contribution is -2.44. The standard InChI is InChI=1S/C14H24N4O/c1-4-18-13(9-11(2)16-18)14(19)17(3)10-12-7-5-6-8-15-12/h9,12,15H,4-8,10H2,1-3H3. The summed E-state index contributed by atoms with van der Waals surface area (Å²) in [4.78, 5) is 14.3. The summed E-state index contributed by atoms with van der Waals surface area (Å²) in [6, 6.07) is 2.30. The lowest BCUT2D eigenvalue weighted by Gasteiger charge is -2.28. The highest BCUT2D eigenvalue weighted by Crippen LogP contribution is 2.11. The first kappa shape index (κ1) is 14.1. The normalized spacial score (nSPS) is 19.4. The molecule has 1 amide bonds. The largest absolute Gasteiger partial charge is 0.339 e. The number of aromatic nitrogens is 2. The van der Waals surface area contributed by atoms with Crippen LogP contribution in [0.2, 0.25) is 0 Å². The van der Waals surface area contributed by atoms with Gasteiger partial charge in [0.2, 0.25) is 0 Å². The van der Waals surface area contributed by atoms with E-state index >= 15 is 0 Å². The van der Waals surface area contributed by atoms with Gasteiger partial charge in [0.05, 0.1) is 5.69 Å². The number of piperidine rings is 1. The summed E-state index contributed by atoms with van der Waals surface area (Å²) in [5.41, 5.74) is 1.59. The van der Waals surface area contributed by atoms with Crippen molar-refractivity contribution >= 4 is 5.91 Å².